The van der Waals surface area contributed by atoms with Gasteiger partial charge in [0.1, 0.15) is 0 Å². The molecule has 2 heterocycles. The SMILES string of the molecule is Cc1ccc(NC(=O)c2cncc(N3CCCCCC3)c2)cc1Cl. The molecule has 1 fully saturated rings. The highest BCUT2D eigenvalue weighted by Crippen LogP contribution is 2.22. The van der Waals surface area contributed by atoms with Gasteiger partial charge in [0.15, 0.2) is 0 Å². The van der Waals surface area contributed by atoms with E-state index in [-0.39, 0.29) is 5.91 Å². The van der Waals surface area contributed by atoms with Crippen LogP contribution in [0.3, 0.4) is 0 Å². The van der Waals surface area contributed by atoms with Crippen molar-refractivity contribution in [3.8, 4) is 0 Å². The van der Waals surface area contributed by atoms with Gasteiger partial charge < -0.3 is 10.2 Å². The maximum absolute atomic E-state index is 12.5. The number of hydrogen-bond acceptors (Lipinski definition) is 3. The van der Waals surface area contributed by atoms with Crippen molar-refractivity contribution in [2.24, 2.45) is 0 Å². The van der Waals surface area contributed by atoms with E-state index in [0.717, 1.165) is 24.3 Å². The first-order valence-electron chi connectivity index (χ1n) is 8.41. The molecule has 0 aliphatic carbocycles. The number of carbonyl (C=O) groups is 1. The van der Waals surface area contributed by atoms with Crippen LogP contribution in [0.2, 0.25) is 5.02 Å². The lowest BCUT2D eigenvalue weighted by molar-refractivity contribution is 0.102. The van der Waals surface area contributed by atoms with E-state index < -0.39 is 0 Å². The van der Waals surface area contributed by atoms with E-state index >= 15 is 0 Å². The second kappa shape index (κ2) is 7.67. The number of amides is 1. The average Bonchev–Trinajstić information content (AvgIpc) is 2.88. The minimum absolute atomic E-state index is 0.168. The second-order valence-electron chi connectivity index (χ2n) is 6.25. The number of anilines is 2. The maximum Gasteiger partial charge on any atom is 0.257 e. The van der Waals surface area contributed by atoms with Crippen LogP contribution in [0.15, 0.2) is 36.7 Å². The number of halogens is 1. The molecular weight excluding hydrogens is 322 g/mol. The van der Waals surface area contributed by atoms with E-state index in [4.69, 9.17) is 11.6 Å². The molecule has 3 rings (SSSR count). The molecule has 5 heteroatoms. The number of rotatable bonds is 3. The van der Waals surface area contributed by atoms with Gasteiger partial charge in [0.25, 0.3) is 5.91 Å². The summed E-state index contributed by atoms with van der Waals surface area (Å²) in [6, 6.07) is 7.43. The van der Waals surface area contributed by atoms with Crippen molar-refractivity contribution in [3.05, 3.63) is 52.8 Å². The zero-order valence-electron chi connectivity index (χ0n) is 13.9. The molecule has 0 unspecified atom stereocenters. The number of nitrogens with zero attached hydrogens (tertiary/aromatic N) is 2. The Labute approximate surface area is 147 Å². The lowest BCUT2D eigenvalue weighted by Gasteiger charge is -2.22. The van der Waals surface area contributed by atoms with Gasteiger partial charge in [-0.05, 0) is 43.5 Å². The quantitative estimate of drug-likeness (QED) is 0.880. The fourth-order valence-electron chi connectivity index (χ4n) is 2.93. The molecule has 0 atom stereocenters. The third kappa shape index (κ3) is 4.06. The highest BCUT2D eigenvalue weighted by molar-refractivity contribution is 6.31. The van der Waals surface area contributed by atoms with Crippen molar-refractivity contribution < 1.29 is 4.79 Å². The molecule has 1 saturated heterocycles. The number of aromatic nitrogens is 1. The van der Waals surface area contributed by atoms with Crippen LogP contribution in [0.1, 0.15) is 41.6 Å². The predicted octanol–water partition coefficient (Wildman–Crippen LogP) is 4.68. The molecule has 1 aliphatic rings. The van der Waals surface area contributed by atoms with E-state index in [9.17, 15) is 4.79 Å². The summed E-state index contributed by atoms with van der Waals surface area (Å²) in [4.78, 5) is 19.1. The Bertz CT molecular complexity index is 724. The van der Waals surface area contributed by atoms with Gasteiger partial charge in [0, 0.05) is 30.0 Å². The Morgan fingerprint density at radius 2 is 1.88 bits per heavy atom. The molecule has 126 valence electrons. The predicted molar refractivity (Wildman–Crippen MR) is 99.1 cm³/mol. The summed E-state index contributed by atoms with van der Waals surface area (Å²) in [6.07, 6.45) is 8.38. The molecule has 1 aromatic carbocycles. The van der Waals surface area contributed by atoms with Crippen molar-refractivity contribution in [1.82, 2.24) is 4.98 Å². The van der Waals surface area contributed by atoms with Gasteiger partial charge >= 0.3 is 0 Å². The fourth-order valence-corrected chi connectivity index (χ4v) is 3.11. The van der Waals surface area contributed by atoms with Crippen LogP contribution >= 0.6 is 11.6 Å². The topological polar surface area (TPSA) is 45.2 Å². The summed E-state index contributed by atoms with van der Waals surface area (Å²) in [6.45, 7) is 3.99. The second-order valence-corrected chi connectivity index (χ2v) is 6.66. The van der Waals surface area contributed by atoms with Crippen molar-refractivity contribution in [2.75, 3.05) is 23.3 Å². The standard InChI is InChI=1S/C19H22ClN3O/c1-14-6-7-16(11-18(14)20)22-19(24)15-10-17(13-21-12-15)23-8-4-2-3-5-9-23/h6-7,10-13H,2-5,8-9H2,1H3,(H,22,24). The number of benzene rings is 1. The largest absolute Gasteiger partial charge is 0.370 e. The number of hydrogen-bond donors (Lipinski definition) is 1. The van der Waals surface area contributed by atoms with E-state index in [1.165, 1.54) is 25.7 Å². The minimum atomic E-state index is -0.168. The van der Waals surface area contributed by atoms with E-state index in [1.807, 2.05) is 31.3 Å². The van der Waals surface area contributed by atoms with Crippen LogP contribution in [0, 0.1) is 6.92 Å². The molecule has 2 aromatic rings. The molecule has 1 aromatic heterocycles. The number of aryl methyl sites for hydroxylation is 1. The Morgan fingerprint density at radius 3 is 2.58 bits per heavy atom. The molecule has 0 radical (unpaired) electrons. The highest BCUT2D eigenvalue weighted by atomic mass is 35.5. The first-order chi connectivity index (χ1) is 11.6. The summed E-state index contributed by atoms with van der Waals surface area (Å²) in [5.74, 6) is -0.168. The van der Waals surface area contributed by atoms with Crippen molar-refractivity contribution in [2.45, 2.75) is 32.6 Å². The van der Waals surface area contributed by atoms with Gasteiger partial charge in [-0.25, -0.2) is 0 Å². The molecule has 1 amide bonds. The maximum atomic E-state index is 12.5. The third-order valence-corrected chi connectivity index (χ3v) is 4.79. The summed E-state index contributed by atoms with van der Waals surface area (Å²) in [5.41, 5.74) is 3.26. The summed E-state index contributed by atoms with van der Waals surface area (Å²) in [7, 11) is 0. The van der Waals surface area contributed by atoms with Gasteiger partial charge in [-0.2, -0.15) is 0 Å². The van der Waals surface area contributed by atoms with Gasteiger partial charge in [-0.15, -0.1) is 0 Å². The normalized spacial score (nSPS) is 15.0. The molecule has 1 aliphatic heterocycles. The first-order valence-corrected chi connectivity index (χ1v) is 8.79. The summed E-state index contributed by atoms with van der Waals surface area (Å²) < 4.78 is 0. The van der Waals surface area contributed by atoms with E-state index in [1.54, 1.807) is 12.3 Å². The van der Waals surface area contributed by atoms with E-state index in [0.29, 0.717) is 16.3 Å². The van der Waals surface area contributed by atoms with Crippen molar-refractivity contribution in [3.63, 3.8) is 0 Å². The lowest BCUT2D eigenvalue weighted by Crippen LogP contribution is -2.24. The monoisotopic (exact) mass is 343 g/mol. The Balaban J connectivity index is 1.74. The smallest absolute Gasteiger partial charge is 0.257 e. The Kier molecular flexibility index (Phi) is 5.36. The molecule has 0 saturated carbocycles. The summed E-state index contributed by atoms with van der Waals surface area (Å²) >= 11 is 6.12. The van der Waals surface area contributed by atoms with Crippen molar-refractivity contribution in [1.29, 1.82) is 0 Å². The molecular formula is C19H22ClN3O. The average molecular weight is 344 g/mol. The van der Waals surface area contributed by atoms with Gasteiger partial charge in [-0.1, -0.05) is 30.5 Å². The Hall–Kier alpha value is -2.07. The highest BCUT2D eigenvalue weighted by Gasteiger charge is 2.13. The number of pyridine rings is 1. The zero-order valence-corrected chi connectivity index (χ0v) is 14.6. The van der Waals surface area contributed by atoms with Crippen LogP contribution < -0.4 is 10.2 Å². The molecule has 24 heavy (non-hydrogen) atoms. The van der Waals surface area contributed by atoms with Crippen LogP contribution in [-0.4, -0.2) is 24.0 Å². The van der Waals surface area contributed by atoms with Crippen LogP contribution in [0.5, 0.6) is 0 Å². The number of nitrogens with one attached hydrogen (secondary N) is 1. The van der Waals surface area contributed by atoms with Crippen LogP contribution in [0.4, 0.5) is 11.4 Å². The van der Waals surface area contributed by atoms with Gasteiger partial charge in [-0.3, -0.25) is 9.78 Å². The molecule has 1 N–H and O–H groups in total. The van der Waals surface area contributed by atoms with Crippen LogP contribution in [-0.2, 0) is 0 Å². The van der Waals surface area contributed by atoms with Gasteiger partial charge in [0.2, 0.25) is 0 Å². The number of carbonyl (C=O) groups excluding carboxylic acids is 1. The van der Waals surface area contributed by atoms with E-state index in [2.05, 4.69) is 15.2 Å². The minimum Gasteiger partial charge on any atom is -0.370 e. The lowest BCUT2D eigenvalue weighted by atomic mass is 10.2. The Morgan fingerprint density at radius 1 is 1.12 bits per heavy atom. The fraction of sp³-hybridized carbons (Fsp3) is 0.368. The zero-order chi connectivity index (χ0) is 16.9. The first kappa shape index (κ1) is 16.8. The van der Waals surface area contributed by atoms with Gasteiger partial charge in [0.05, 0.1) is 17.4 Å². The van der Waals surface area contributed by atoms with Crippen molar-refractivity contribution >= 4 is 28.9 Å². The van der Waals surface area contributed by atoms with Crippen LogP contribution in [0.25, 0.3) is 0 Å². The molecule has 0 bridgehead atoms. The molecule has 4 nitrogen and oxygen atoms in total. The summed E-state index contributed by atoms with van der Waals surface area (Å²) in [5, 5.41) is 3.53. The third-order valence-electron chi connectivity index (χ3n) is 4.39. The molecule has 0 spiro atoms.